The molecule has 1 aromatic heterocycles. The van der Waals surface area contributed by atoms with Crippen LogP contribution in [0.1, 0.15) is 18.5 Å². The van der Waals surface area contributed by atoms with Crippen molar-refractivity contribution in [1.29, 1.82) is 0 Å². The summed E-state index contributed by atoms with van der Waals surface area (Å²) in [5.41, 5.74) is 2.71. The first kappa shape index (κ1) is 22.9. The van der Waals surface area contributed by atoms with Crippen molar-refractivity contribution < 1.29 is 9.59 Å². The summed E-state index contributed by atoms with van der Waals surface area (Å²) in [6, 6.07) is 9.27. The van der Waals surface area contributed by atoms with Gasteiger partial charge in [0.05, 0.1) is 6.04 Å². The van der Waals surface area contributed by atoms with Crippen LogP contribution >= 0.6 is 24.2 Å². The Hall–Kier alpha value is -2.35. The van der Waals surface area contributed by atoms with Crippen LogP contribution in [0.4, 0.5) is 5.82 Å². The Morgan fingerprint density at radius 2 is 2.07 bits per heavy atom. The van der Waals surface area contributed by atoms with E-state index in [1.165, 1.54) is 13.0 Å². The number of carbonyl (C=O) groups excluding carboxylic acids is 2. The van der Waals surface area contributed by atoms with E-state index in [4.69, 9.17) is 11.6 Å². The molecule has 1 atom stereocenters. The van der Waals surface area contributed by atoms with Gasteiger partial charge in [-0.25, -0.2) is 4.98 Å². The second-order valence-corrected chi connectivity index (χ2v) is 6.78. The third-order valence-corrected chi connectivity index (χ3v) is 4.62. The van der Waals surface area contributed by atoms with E-state index in [1.807, 2.05) is 24.3 Å². The zero-order valence-electron chi connectivity index (χ0n) is 16.5. The molecule has 0 aliphatic carbocycles. The van der Waals surface area contributed by atoms with Crippen molar-refractivity contribution in [3.05, 3.63) is 59.8 Å². The number of carbonyl (C=O) groups is 2. The summed E-state index contributed by atoms with van der Waals surface area (Å²) in [5.74, 6) is 0.197. The van der Waals surface area contributed by atoms with E-state index in [0.29, 0.717) is 23.9 Å². The standard InChI is InChI=1S/C20H21ClN4O2.CH4S/c1-3-20(27)25-7-6-22-12-18(25)16-8-15(9-17(21)10-16)14-4-5-23-19(11-14)24-13(2)26;1-2/h3-5,8-11,18,22H,1,6-7,12H2,2H3,(H,23,24,26);2H,1H3. The molecule has 0 radical (unpaired) electrons. The van der Waals surface area contributed by atoms with Gasteiger partial charge in [0.15, 0.2) is 0 Å². The highest BCUT2D eigenvalue weighted by Crippen LogP contribution is 2.31. The highest BCUT2D eigenvalue weighted by molar-refractivity contribution is 7.79. The van der Waals surface area contributed by atoms with Crippen LogP contribution in [0, 0.1) is 0 Å². The van der Waals surface area contributed by atoms with Gasteiger partial charge in [-0.2, -0.15) is 12.6 Å². The lowest BCUT2D eigenvalue weighted by Gasteiger charge is -2.36. The molecule has 1 saturated heterocycles. The minimum absolute atomic E-state index is 0.0973. The van der Waals surface area contributed by atoms with E-state index < -0.39 is 0 Å². The third-order valence-electron chi connectivity index (χ3n) is 4.40. The molecule has 1 aromatic carbocycles. The van der Waals surface area contributed by atoms with Crippen LogP contribution in [0.15, 0.2) is 49.2 Å². The van der Waals surface area contributed by atoms with Gasteiger partial charge in [0, 0.05) is 37.8 Å². The van der Waals surface area contributed by atoms with Crippen molar-refractivity contribution in [2.75, 3.05) is 31.2 Å². The molecule has 1 fully saturated rings. The number of benzene rings is 1. The lowest BCUT2D eigenvalue weighted by atomic mass is 9.97. The molecule has 2 amide bonds. The Morgan fingerprint density at radius 3 is 2.76 bits per heavy atom. The number of aromatic nitrogens is 1. The Morgan fingerprint density at radius 1 is 1.31 bits per heavy atom. The van der Waals surface area contributed by atoms with Gasteiger partial charge in [0.25, 0.3) is 0 Å². The minimum atomic E-state index is -0.182. The summed E-state index contributed by atoms with van der Waals surface area (Å²) in [7, 11) is 0. The molecule has 154 valence electrons. The van der Waals surface area contributed by atoms with Crippen LogP contribution in [-0.2, 0) is 9.59 Å². The molecule has 6 nitrogen and oxygen atoms in total. The monoisotopic (exact) mass is 432 g/mol. The first-order valence-electron chi connectivity index (χ1n) is 9.11. The number of hydrogen-bond acceptors (Lipinski definition) is 5. The van der Waals surface area contributed by atoms with E-state index in [9.17, 15) is 9.59 Å². The number of thiol groups is 1. The number of pyridine rings is 1. The molecule has 1 unspecified atom stereocenters. The molecular formula is C21H25ClN4O2S. The van der Waals surface area contributed by atoms with E-state index >= 15 is 0 Å². The molecule has 29 heavy (non-hydrogen) atoms. The van der Waals surface area contributed by atoms with Crippen LogP contribution in [0.25, 0.3) is 11.1 Å². The number of rotatable bonds is 4. The predicted octanol–water partition coefficient (Wildman–Crippen LogP) is 3.57. The Bertz CT molecular complexity index is 891. The van der Waals surface area contributed by atoms with E-state index in [0.717, 1.165) is 23.2 Å². The van der Waals surface area contributed by atoms with Crippen molar-refractivity contribution in [2.24, 2.45) is 0 Å². The summed E-state index contributed by atoms with van der Waals surface area (Å²) in [6.07, 6.45) is 4.67. The van der Waals surface area contributed by atoms with Gasteiger partial charge < -0.3 is 15.5 Å². The molecule has 1 aliphatic heterocycles. The van der Waals surface area contributed by atoms with E-state index in [1.54, 1.807) is 23.4 Å². The summed E-state index contributed by atoms with van der Waals surface area (Å²) in [6.45, 7) is 7.04. The molecule has 0 saturated carbocycles. The van der Waals surface area contributed by atoms with Crippen LogP contribution in [-0.4, -0.2) is 47.6 Å². The lowest BCUT2D eigenvalue weighted by molar-refractivity contribution is -0.129. The fourth-order valence-corrected chi connectivity index (χ4v) is 3.46. The number of piperazine rings is 1. The van der Waals surface area contributed by atoms with Crippen LogP contribution in [0.3, 0.4) is 0 Å². The normalized spacial score (nSPS) is 15.7. The second-order valence-electron chi connectivity index (χ2n) is 6.34. The van der Waals surface area contributed by atoms with Crippen molar-refractivity contribution >= 4 is 41.9 Å². The number of hydrogen-bond donors (Lipinski definition) is 3. The third kappa shape index (κ3) is 6.06. The highest BCUT2D eigenvalue weighted by atomic mass is 35.5. The number of anilines is 1. The largest absolute Gasteiger partial charge is 0.330 e. The summed E-state index contributed by atoms with van der Waals surface area (Å²) < 4.78 is 0. The Kier molecular flexibility index (Phi) is 8.70. The Balaban J connectivity index is 0.00000145. The van der Waals surface area contributed by atoms with Gasteiger partial charge in [-0.05, 0) is 59.4 Å². The first-order valence-corrected chi connectivity index (χ1v) is 10.4. The first-order chi connectivity index (χ1) is 14.0. The molecule has 8 heteroatoms. The number of nitrogens with zero attached hydrogens (tertiary/aromatic N) is 2. The molecule has 0 bridgehead atoms. The van der Waals surface area contributed by atoms with Crippen molar-refractivity contribution in [3.63, 3.8) is 0 Å². The summed E-state index contributed by atoms with van der Waals surface area (Å²) >= 11 is 9.90. The average molecular weight is 433 g/mol. The zero-order chi connectivity index (χ0) is 21.4. The van der Waals surface area contributed by atoms with E-state index in [-0.39, 0.29) is 17.9 Å². The average Bonchev–Trinajstić information content (AvgIpc) is 2.74. The van der Waals surface area contributed by atoms with Crippen LogP contribution in [0.5, 0.6) is 0 Å². The maximum atomic E-state index is 12.2. The molecule has 0 spiro atoms. The quantitative estimate of drug-likeness (QED) is 0.510. The second kappa shape index (κ2) is 11.0. The minimum Gasteiger partial charge on any atom is -0.330 e. The Labute approximate surface area is 181 Å². The van der Waals surface area contributed by atoms with Gasteiger partial charge in [-0.3, -0.25) is 9.59 Å². The molecule has 1 aliphatic rings. The van der Waals surface area contributed by atoms with Gasteiger partial charge in [-0.1, -0.05) is 18.2 Å². The van der Waals surface area contributed by atoms with Crippen molar-refractivity contribution in [2.45, 2.75) is 13.0 Å². The summed E-state index contributed by atoms with van der Waals surface area (Å²) in [5, 5.41) is 6.58. The van der Waals surface area contributed by atoms with E-state index in [2.05, 4.69) is 34.8 Å². The van der Waals surface area contributed by atoms with Gasteiger partial charge >= 0.3 is 0 Å². The van der Waals surface area contributed by atoms with Gasteiger partial charge in [0.1, 0.15) is 5.82 Å². The fourth-order valence-electron chi connectivity index (χ4n) is 3.21. The topological polar surface area (TPSA) is 74.3 Å². The van der Waals surface area contributed by atoms with Gasteiger partial charge in [-0.15, -0.1) is 0 Å². The lowest BCUT2D eigenvalue weighted by Crippen LogP contribution is -2.48. The van der Waals surface area contributed by atoms with Crippen LogP contribution < -0.4 is 10.6 Å². The molecule has 2 heterocycles. The highest BCUT2D eigenvalue weighted by Gasteiger charge is 2.27. The number of halogens is 1. The fraction of sp³-hybridized carbons (Fsp3) is 0.286. The van der Waals surface area contributed by atoms with Crippen LogP contribution in [0.2, 0.25) is 5.02 Å². The number of nitrogens with one attached hydrogen (secondary N) is 2. The number of amides is 2. The van der Waals surface area contributed by atoms with Crippen molar-refractivity contribution in [3.8, 4) is 11.1 Å². The molecule has 3 rings (SSSR count). The maximum absolute atomic E-state index is 12.2. The van der Waals surface area contributed by atoms with Crippen molar-refractivity contribution in [1.82, 2.24) is 15.2 Å². The SMILES string of the molecule is C=CC(=O)N1CCNCC1c1cc(Cl)cc(-c2ccnc(NC(C)=O)c2)c1.CS. The molecule has 2 N–H and O–H groups in total. The molecular weight excluding hydrogens is 408 g/mol. The smallest absolute Gasteiger partial charge is 0.246 e. The molecule has 2 aromatic rings. The predicted molar refractivity (Wildman–Crippen MR) is 121 cm³/mol. The maximum Gasteiger partial charge on any atom is 0.246 e. The summed E-state index contributed by atoms with van der Waals surface area (Å²) in [4.78, 5) is 29.5. The van der Waals surface area contributed by atoms with Gasteiger partial charge in [0.2, 0.25) is 11.8 Å². The zero-order valence-corrected chi connectivity index (χ0v) is 18.1.